The number of hydrogen-bond acceptors (Lipinski definition) is 4. The Hall–Kier alpha value is -1.24. The summed E-state index contributed by atoms with van der Waals surface area (Å²) in [5.41, 5.74) is 4.86. The maximum absolute atomic E-state index is 12.6. The average Bonchev–Trinajstić information content (AvgIpc) is 2.48. The van der Waals surface area contributed by atoms with Crippen LogP contribution in [0.25, 0.3) is 0 Å². The van der Waals surface area contributed by atoms with Crippen LogP contribution in [-0.2, 0) is 7.05 Å². The van der Waals surface area contributed by atoms with Crippen LogP contribution in [0.5, 0.6) is 0 Å². The summed E-state index contributed by atoms with van der Waals surface area (Å²) in [6.07, 6.45) is 1.37. The van der Waals surface area contributed by atoms with Crippen LogP contribution in [0.2, 0.25) is 0 Å². The molecule has 0 aliphatic rings. The van der Waals surface area contributed by atoms with Crippen LogP contribution >= 0.6 is 0 Å². The van der Waals surface area contributed by atoms with Crippen molar-refractivity contribution in [2.75, 3.05) is 18.4 Å². The summed E-state index contributed by atoms with van der Waals surface area (Å²) >= 11 is 0. The topological polar surface area (TPSA) is 68.8 Å². The lowest BCUT2D eigenvalue weighted by molar-refractivity contribution is 0.0252. The molecule has 0 unspecified atom stereocenters. The molecule has 1 heterocycles. The van der Waals surface area contributed by atoms with Crippen molar-refractivity contribution in [1.82, 2.24) is 15.0 Å². The molecule has 7 heteroatoms. The normalized spacial score (nSPS) is 11.7. The first kappa shape index (κ1) is 9.85. The van der Waals surface area contributed by atoms with Crippen LogP contribution in [0.3, 0.4) is 0 Å². The van der Waals surface area contributed by atoms with Gasteiger partial charge in [0.25, 0.3) is 5.92 Å². The predicted octanol–water partition coefficient (Wildman–Crippen LogP) is -0.179. The lowest BCUT2D eigenvalue weighted by Gasteiger charge is -2.14. The Kier molecular flexibility index (Phi) is 2.76. The number of aryl methyl sites for hydroxylation is 1. The van der Waals surface area contributed by atoms with Crippen molar-refractivity contribution in [2.45, 2.75) is 5.92 Å². The van der Waals surface area contributed by atoms with E-state index in [0.29, 0.717) is 5.82 Å². The highest BCUT2D eigenvalue weighted by Crippen LogP contribution is 2.12. The van der Waals surface area contributed by atoms with E-state index in [1.165, 1.54) is 10.9 Å². The van der Waals surface area contributed by atoms with Gasteiger partial charge in [-0.25, -0.2) is 13.5 Å². The number of rotatable bonds is 4. The highest BCUT2D eigenvalue weighted by molar-refractivity contribution is 5.30. The highest BCUT2D eigenvalue weighted by atomic mass is 19.3. The summed E-state index contributed by atoms with van der Waals surface area (Å²) in [4.78, 5) is 0. The first-order valence-electron chi connectivity index (χ1n) is 3.71. The van der Waals surface area contributed by atoms with Crippen molar-refractivity contribution >= 4 is 5.82 Å². The van der Waals surface area contributed by atoms with Gasteiger partial charge in [0.15, 0.2) is 0 Å². The van der Waals surface area contributed by atoms with E-state index in [1.54, 1.807) is 7.05 Å². The maximum Gasteiger partial charge on any atom is 0.276 e. The monoisotopic (exact) mass is 191 g/mol. The highest BCUT2D eigenvalue weighted by Gasteiger charge is 2.26. The van der Waals surface area contributed by atoms with E-state index in [1.807, 2.05) is 0 Å². The molecule has 13 heavy (non-hydrogen) atoms. The third kappa shape index (κ3) is 2.62. The van der Waals surface area contributed by atoms with Gasteiger partial charge in [-0.3, -0.25) is 0 Å². The Morgan fingerprint density at radius 2 is 2.38 bits per heavy atom. The van der Waals surface area contributed by atoms with E-state index >= 15 is 0 Å². The third-order valence-electron chi connectivity index (χ3n) is 1.54. The van der Waals surface area contributed by atoms with Gasteiger partial charge in [-0.1, -0.05) is 5.21 Å². The molecule has 0 saturated carbocycles. The summed E-state index contributed by atoms with van der Waals surface area (Å²) < 4.78 is 26.6. The molecule has 5 nitrogen and oxygen atoms in total. The fourth-order valence-electron chi connectivity index (χ4n) is 0.742. The number of anilines is 1. The molecule has 0 bridgehead atoms. The zero-order valence-electron chi connectivity index (χ0n) is 7.17. The second-order valence-electron chi connectivity index (χ2n) is 2.66. The molecule has 3 N–H and O–H groups in total. The molecule has 1 aromatic heterocycles. The number of aromatic nitrogens is 3. The Morgan fingerprint density at radius 1 is 1.69 bits per heavy atom. The number of alkyl halides is 2. The summed E-state index contributed by atoms with van der Waals surface area (Å²) in [6, 6.07) is 0. The fraction of sp³-hybridized carbons (Fsp3) is 0.667. The van der Waals surface area contributed by atoms with Gasteiger partial charge in [0, 0.05) is 7.05 Å². The van der Waals surface area contributed by atoms with Crippen molar-refractivity contribution in [1.29, 1.82) is 0 Å². The van der Waals surface area contributed by atoms with Crippen molar-refractivity contribution in [3.05, 3.63) is 6.20 Å². The molecule has 0 amide bonds. The first-order valence-corrected chi connectivity index (χ1v) is 3.71. The van der Waals surface area contributed by atoms with Crippen molar-refractivity contribution < 1.29 is 8.78 Å². The molecular formula is C6H11F2N5. The van der Waals surface area contributed by atoms with Crippen LogP contribution < -0.4 is 11.1 Å². The molecule has 0 aliphatic carbocycles. The SMILES string of the molecule is Cn1nncc1NCC(F)(F)CN. The molecule has 0 aliphatic heterocycles. The third-order valence-corrected chi connectivity index (χ3v) is 1.54. The average molecular weight is 191 g/mol. The predicted molar refractivity (Wildman–Crippen MR) is 43.5 cm³/mol. The second kappa shape index (κ2) is 3.65. The van der Waals surface area contributed by atoms with Crippen molar-refractivity contribution in [3.63, 3.8) is 0 Å². The minimum absolute atomic E-state index is 0.438. The van der Waals surface area contributed by atoms with Gasteiger partial charge in [-0.05, 0) is 0 Å². The number of nitrogens with zero attached hydrogens (tertiary/aromatic N) is 3. The maximum atomic E-state index is 12.6. The van der Waals surface area contributed by atoms with Gasteiger partial charge in [-0.15, -0.1) is 5.10 Å². The molecule has 0 spiro atoms. The van der Waals surface area contributed by atoms with Gasteiger partial charge in [0.1, 0.15) is 5.82 Å². The van der Waals surface area contributed by atoms with Gasteiger partial charge < -0.3 is 11.1 Å². The first-order chi connectivity index (χ1) is 6.05. The van der Waals surface area contributed by atoms with Crippen molar-refractivity contribution in [3.8, 4) is 0 Å². The summed E-state index contributed by atoms with van der Waals surface area (Å²) in [7, 11) is 1.61. The van der Waals surface area contributed by atoms with Gasteiger partial charge in [-0.2, -0.15) is 0 Å². The standard InChI is InChI=1S/C6H11F2N5/c1-13-5(2-11-12-13)10-4-6(7,8)3-9/h2,10H,3-4,9H2,1H3. The van der Waals surface area contributed by atoms with Gasteiger partial charge in [0.2, 0.25) is 0 Å². The zero-order chi connectivity index (χ0) is 9.90. The second-order valence-corrected chi connectivity index (χ2v) is 2.66. The molecule has 0 fully saturated rings. The van der Waals surface area contributed by atoms with E-state index in [2.05, 4.69) is 15.6 Å². The number of hydrogen-bond donors (Lipinski definition) is 2. The number of nitrogens with two attached hydrogens (primary N) is 1. The van der Waals surface area contributed by atoms with Crippen molar-refractivity contribution in [2.24, 2.45) is 12.8 Å². The molecule has 0 saturated heterocycles. The quantitative estimate of drug-likeness (QED) is 0.692. The zero-order valence-corrected chi connectivity index (χ0v) is 7.17. The smallest absolute Gasteiger partial charge is 0.276 e. The van der Waals surface area contributed by atoms with E-state index < -0.39 is 19.0 Å². The molecule has 74 valence electrons. The lowest BCUT2D eigenvalue weighted by atomic mass is 10.3. The molecular weight excluding hydrogens is 180 g/mol. The van der Waals surface area contributed by atoms with Crippen LogP contribution in [0.1, 0.15) is 0 Å². The molecule has 1 rings (SSSR count). The summed E-state index contributed by atoms with van der Waals surface area (Å²) in [5, 5.41) is 9.59. The minimum atomic E-state index is -2.90. The minimum Gasteiger partial charge on any atom is -0.363 e. The van der Waals surface area contributed by atoms with E-state index in [4.69, 9.17) is 5.73 Å². The molecule has 0 aromatic carbocycles. The summed E-state index contributed by atoms with van der Waals surface area (Å²) in [6.45, 7) is -1.18. The van der Waals surface area contributed by atoms with Crippen LogP contribution in [0, 0.1) is 0 Å². The van der Waals surface area contributed by atoms with Crippen LogP contribution in [0.4, 0.5) is 14.6 Å². The van der Waals surface area contributed by atoms with E-state index in [9.17, 15) is 8.78 Å². The largest absolute Gasteiger partial charge is 0.363 e. The lowest BCUT2D eigenvalue weighted by Crippen LogP contribution is -2.35. The van der Waals surface area contributed by atoms with E-state index in [0.717, 1.165) is 0 Å². The van der Waals surface area contributed by atoms with Crippen LogP contribution in [0.15, 0.2) is 6.20 Å². The van der Waals surface area contributed by atoms with E-state index in [-0.39, 0.29) is 0 Å². The number of halogens is 2. The Balaban J connectivity index is 2.48. The molecule has 0 atom stereocenters. The van der Waals surface area contributed by atoms with Crippen LogP contribution in [-0.4, -0.2) is 34.0 Å². The molecule has 1 aromatic rings. The number of nitrogens with one attached hydrogen (secondary N) is 1. The molecule has 0 radical (unpaired) electrons. The summed E-state index contributed by atoms with van der Waals surface area (Å²) in [5.74, 6) is -2.46. The Morgan fingerprint density at radius 3 is 2.85 bits per heavy atom. The Bertz CT molecular complexity index is 272. The van der Waals surface area contributed by atoms with Gasteiger partial charge in [0.05, 0.1) is 19.3 Å². The Labute approximate surface area is 73.9 Å². The fourth-order valence-corrected chi connectivity index (χ4v) is 0.742. The van der Waals surface area contributed by atoms with Gasteiger partial charge >= 0.3 is 0 Å².